The van der Waals surface area contributed by atoms with Gasteiger partial charge in [0.15, 0.2) is 0 Å². The van der Waals surface area contributed by atoms with E-state index in [1.807, 2.05) is 0 Å². The summed E-state index contributed by atoms with van der Waals surface area (Å²) in [5, 5.41) is 1.94. The molecule has 1 aromatic heterocycles. The minimum atomic E-state index is -0.487. The Hall–Kier alpha value is -1.08. The predicted octanol–water partition coefficient (Wildman–Crippen LogP) is 0.164. The van der Waals surface area contributed by atoms with Crippen molar-refractivity contribution in [3.63, 3.8) is 0 Å². The van der Waals surface area contributed by atoms with Gasteiger partial charge in [-0.2, -0.15) is 12.6 Å². The topological polar surface area (TPSA) is 72.0 Å². The molecule has 0 saturated heterocycles. The molecule has 1 amide bonds. The molecule has 14 heavy (non-hydrogen) atoms. The molecule has 0 aliphatic heterocycles. The zero-order valence-electron chi connectivity index (χ0n) is 6.97. The quantitative estimate of drug-likeness (QED) is 0.510. The average molecular weight is 229 g/mol. The van der Waals surface area contributed by atoms with Crippen LogP contribution in [0.3, 0.4) is 0 Å². The van der Waals surface area contributed by atoms with Crippen LogP contribution in [0, 0.1) is 0 Å². The predicted molar refractivity (Wildman–Crippen MR) is 56.7 cm³/mol. The van der Waals surface area contributed by atoms with Crippen LogP contribution in [0.1, 0.15) is 21.0 Å². The highest BCUT2D eigenvalue weighted by atomic mass is 32.1. The number of hydrogen-bond acceptors (Lipinski definition) is 5. The van der Waals surface area contributed by atoms with Gasteiger partial charge in [-0.25, -0.2) is 9.97 Å². The van der Waals surface area contributed by atoms with Gasteiger partial charge in [0.05, 0.1) is 18.3 Å². The lowest BCUT2D eigenvalue weighted by Crippen LogP contribution is -2.23. The second-order valence-corrected chi connectivity index (χ2v) is 2.98. The highest BCUT2D eigenvalue weighted by Crippen LogP contribution is 1.98. The molecule has 0 unspecified atom stereocenters. The van der Waals surface area contributed by atoms with Gasteiger partial charge in [0.25, 0.3) is 5.91 Å². The van der Waals surface area contributed by atoms with Gasteiger partial charge in [0, 0.05) is 0 Å². The maximum absolute atomic E-state index is 11.2. The van der Waals surface area contributed by atoms with Gasteiger partial charge in [-0.05, 0) is 0 Å². The first-order valence-corrected chi connectivity index (χ1v) is 4.67. The molecule has 1 aromatic rings. The van der Waals surface area contributed by atoms with Crippen LogP contribution in [0.15, 0.2) is 12.4 Å². The average Bonchev–Trinajstić information content (AvgIpc) is 2.18. The molecule has 0 radical (unpaired) electrons. The summed E-state index contributed by atoms with van der Waals surface area (Å²) in [6, 6.07) is 0. The maximum atomic E-state index is 11.2. The van der Waals surface area contributed by atoms with E-state index in [0.29, 0.717) is 0 Å². The second-order valence-electron chi connectivity index (χ2n) is 2.26. The molecule has 0 aliphatic rings. The largest absolute Gasteiger partial charge is 0.342 e. The number of carbonyl (C=O) groups excluding carboxylic acids is 2. The molecule has 1 N–H and O–H groups in total. The van der Waals surface area contributed by atoms with Crippen LogP contribution in [0.2, 0.25) is 0 Å². The second kappa shape index (κ2) is 4.97. The van der Waals surface area contributed by atoms with Crippen LogP contribution in [-0.2, 0) is 0 Å². The fourth-order valence-electron chi connectivity index (χ4n) is 0.718. The molecule has 1 rings (SSSR count). The number of rotatable bonds is 3. The van der Waals surface area contributed by atoms with Crippen molar-refractivity contribution in [2.45, 2.75) is 0 Å². The molecular formula is C7H7N3O2S2. The van der Waals surface area contributed by atoms with Crippen LogP contribution in [0.4, 0.5) is 0 Å². The third-order valence-corrected chi connectivity index (χ3v) is 1.73. The number of aromatic nitrogens is 2. The van der Waals surface area contributed by atoms with E-state index in [1.54, 1.807) is 0 Å². The Bertz CT molecular complexity index is 352. The van der Waals surface area contributed by atoms with Crippen molar-refractivity contribution in [1.82, 2.24) is 15.3 Å². The van der Waals surface area contributed by atoms with Gasteiger partial charge in [0.1, 0.15) is 11.4 Å². The Kier molecular flexibility index (Phi) is 3.90. The lowest BCUT2D eigenvalue weighted by Gasteiger charge is -2.00. The molecule has 7 heteroatoms. The first-order valence-electron chi connectivity index (χ1n) is 3.59. The fraction of sp³-hybridized carbons (Fsp3) is 0.143. The zero-order valence-corrected chi connectivity index (χ0v) is 8.76. The summed E-state index contributed by atoms with van der Waals surface area (Å²) in [4.78, 5) is 29.3. The first kappa shape index (κ1) is 11.0. The van der Waals surface area contributed by atoms with E-state index >= 15 is 0 Å². The van der Waals surface area contributed by atoms with Crippen molar-refractivity contribution in [2.24, 2.45) is 0 Å². The van der Waals surface area contributed by atoms with Gasteiger partial charge in [-0.3, -0.25) is 9.59 Å². The van der Waals surface area contributed by atoms with Crippen LogP contribution >= 0.6 is 25.3 Å². The third-order valence-electron chi connectivity index (χ3n) is 1.34. The Balaban J connectivity index is 2.83. The lowest BCUT2D eigenvalue weighted by molar-refractivity contribution is 0.0954. The molecule has 1 heterocycles. The minimum absolute atomic E-state index is 0.107. The van der Waals surface area contributed by atoms with Crippen LogP contribution in [0.5, 0.6) is 0 Å². The summed E-state index contributed by atoms with van der Waals surface area (Å²) >= 11 is 7.38. The van der Waals surface area contributed by atoms with Crippen molar-refractivity contribution in [2.75, 3.05) is 5.88 Å². The summed E-state index contributed by atoms with van der Waals surface area (Å²) < 4.78 is 0. The molecule has 0 atom stereocenters. The van der Waals surface area contributed by atoms with Crippen LogP contribution < -0.4 is 5.32 Å². The van der Waals surface area contributed by atoms with Gasteiger partial charge in [0.2, 0.25) is 5.12 Å². The van der Waals surface area contributed by atoms with Gasteiger partial charge >= 0.3 is 0 Å². The molecule has 0 aliphatic carbocycles. The molecular weight excluding hydrogens is 222 g/mol. The van der Waals surface area contributed by atoms with E-state index in [4.69, 9.17) is 0 Å². The SMILES string of the molecule is O=C(S)c1cnc(C(=O)NCS)cn1. The molecule has 0 fully saturated rings. The zero-order chi connectivity index (χ0) is 10.6. The maximum Gasteiger partial charge on any atom is 0.272 e. The number of amides is 1. The van der Waals surface area contributed by atoms with E-state index in [9.17, 15) is 9.59 Å². The lowest BCUT2D eigenvalue weighted by atomic mass is 10.4. The summed E-state index contributed by atoms with van der Waals surface area (Å²) in [5.74, 6) is -0.168. The molecule has 74 valence electrons. The van der Waals surface area contributed by atoms with E-state index in [2.05, 4.69) is 40.5 Å². The van der Waals surface area contributed by atoms with Crippen molar-refractivity contribution < 1.29 is 9.59 Å². The van der Waals surface area contributed by atoms with Crippen molar-refractivity contribution >= 4 is 36.3 Å². The fourth-order valence-corrected chi connectivity index (χ4v) is 0.977. The molecule has 0 aromatic carbocycles. The Morgan fingerprint density at radius 3 is 2.29 bits per heavy atom. The highest BCUT2D eigenvalue weighted by Gasteiger charge is 2.08. The van der Waals surface area contributed by atoms with Crippen molar-refractivity contribution in [3.8, 4) is 0 Å². The molecule has 0 bridgehead atoms. The normalized spacial score (nSPS) is 9.57. The van der Waals surface area contributed by atoms with Crippen LogP contribution in [-0.4, -0.2) is 26.9 Å². The van der Waals surface area contributed by atoms with Crippen molar-refractivity contribution in [3.05, 3.63) is 23.8 Å². The van der Waals surface area contributed by atoms with Crippen LogP contribution in [0.25, 0.3) is 0 Å². The van der Waals surface area contributed by atoms with E-state index in [1.165, 1.54) is 12.4 Å². The molecule has 0 saturated carbocycles. The van der Waals surface area contributed by atoms with Gasteiger partial charge < -0.3 is 5.32 Å². The highest BCUT2D eigenvalue weighted by molar-refractivity contribution is 7.97. The first-order chi connectivity index (χ1) is 6.65. The Morgan fingerprint density at radius 1 is 1.29 bits per heavy atom. The Labute approximate surface area is 91.1 Å². The number of nitrogens with one attached hydrogen (secondary N) is 1. The molecule has 5 nitrogen and oxygen atoms in total. The standard InChI is InChI=1S/C7H7N3O2S2/c11-6(10-3-13)4-1-9-5(2-8-4)7(12)14/h1-2,13H,3H2,(H,10,11)(H,12,14). The van der Waals surface area contributed by atoms with E-state index in [0.717, 1.165) is 0 Å². The number of nitrogens with zero attached hydrogens (tertiary/aromatic N) is 2. The summed E-state index contributed by atoms with van der Waals surface area (Å²) in [7, 11) is 0. The van der Waals surface area contributed by atoms with E-state index in [-0.39, 0.29) is 23.2 Å². The number of hydrogen-bond donors (Lipinski definition) is 3. The summed E-state index contributed by atoms with van der Waals surface area (Å²) in [5.41, 5.74) is 0.244. The summed E-state index contributed by atoms with van der Waals surface area (Å²) in [6.07, 6.45) is 2.41. The van der Waals surface area contributed by atoms with Gasteiger partial charge in [-0.15, -0.1) is 0 Å². The smallest absolute Gasteiger partial charge is 0.272 e. The Morgan fingerprint density at radius 2 is 1.86 bits per heavy atom. The third kappa shape index (κ3) is 2.71. The monoisotopic (exact) mass is 229 g/mol. The minimum Gasteiger partial charge on any atom is -0.342 e. The number of carbonyl (C=O) groups is 2. The van der Waals surface area contributed by atoms with Crippen molar-refractivity contribution in [1.29, 1.82) is 0 Å². The van der Waals surface area contributed by atoms with Gasteiger partial charge in [-0.1, -0.05) is 12.6 Å². The molecule has 0 spiro atoms. The summed E-state index contributed by atoms with van der Waals surface area (Å²) in [6.45, 7) is 0. The number of thiol groups is 2. The van der Waals surface area contributed by atoms with E-state index < -0.39 is 5.12 Å².